The number of hydrogen-bond donors (Lipinski definition) is 9. The molecule has 2 aliphatic rings. The number of allylic oxidation sites excluding steroid dienone is 9. The maximum absolute atomic E-state index is 13.2. The van der Waals surface area contributed by atoms with Crippen LogP contribution in [-0.2, 0) is 23.7 Å². The van der Waals surface area contributed by atoms with Crippen LogP contribution in [-0.4, -0.2) is 140 Å². The Bertz CT molecular complexity index is 1390. The van der Waals surface area contributed by atoms with Crippen molar-refractivity contribution in [3.8, 4) is 0 Å². The predicted octanol–water partition coefficient (Wildman–Crippen LogP) is 7.83. The molecule has 0 aliphatic carbocycles. The van der Waals surface area contributed by atoms with Crippen LogP contribution in [0.15, 0.2) is 60.8 Å². The second kappa shape index (κ2) is 41.2. The summed E-state index contributed by atoms with van der Waals surface area (Å²) in [7, 11) is 0. The monoisotopic (exact) mass is 980 g/mol. The lowest BCUT2D eigenvalue weighted by molar-refractivity contribution is -0.359. The molecule has 12 atom stereocenters. The molecule has 14 nitrogen and oxygen atoms in total. The highest BCUT2D eigenvalue weighted by Gasteiger charge is 2.51. The van der Waals surface area contributed by atoms with E-state index in [4.69, 9.17) is 18.9 Å². The lowest BCUT2D eigenvalue weighted by Crippen LogP contribution is -2.65. The molecular formula is C55H97NO13. The largest absolute Gasteiger partial charge is 0.394 e. The summed E-state index contributed by atoms with van der Waals surface area (Å²) < 4.78 is 22.7. The maximum Gasteiger partial charge on any atom is 0.220 e. The number of aliphatic hydroxyl groups excluding tert-OH is 8. The van der Waals surface area contributed by atoms with Gasteiger partial charge in [0.1, 0.15) is 48.8 Å². The molecular weight excluding hydrogens is 883 g/mol. The van der Waals surface area contributed by atoms with Gasteiger partial charge in [-0.05, 0) is 57.8 Å². The normalized spacial score (nSPS) is 26.6. The van der Waals surface area contributed by atoms with Crippen LogP contribution in [0.5, 0.6) is 0 Å². The molecule has 2 rings (SSSR count). The predicted molar refractivity (Wildman–Crippen MR) is 272 cm³/mol. The molecule has 1 amide bonds. The first-order chi connectivity index (χ1) is 33.6. The zero-order valence-electron chi connectivity index (χ0n) is 42.5. The molecule has 2 heterocycles. The molecule has 0 aromatic rings. The van der Waals surface area contributed by atoms with Crippen LogP contribution in [0.1, 0.15) is 187 Å². The average molecular weight is 980 g/mol. The van der Waals surface area contributed by atoms with Crippen LogP contribution in [0.4, 0.5) is 0 Å². The number of carbonyl (C=O) groups is 1. The number of aliphatic hydroxyl groups is 8. The van der Waals surface area contributed by atoms with Crippen molar-refractivity contribution in [1.29, 1.82) is 0 Å². The molecule has 2 saturated heterocycles. The van der Waals surface area contributed by atoms with Gasteiger partial charge in [-0.3, -0.25) is 4.79 Å². The van der Waals surface area contributed by atoms with E-state index in [1.54, 1.807) is 6.08 Å². The van der Waals surface area contributed by atoms with Gasteiger partial charge in [0, 0.05) is 6.42 Å². The van der Waals surface area contributed by atoms with Crippen molar-refractivity contribution in [3.63, 3.8) is 0 Å². The minimum Gasteiger partial charge on any atom is -0.394 e. The molecule has 0 bridgehead atoms. The van der Waals surface area contributed by atoms with Crippen molar-refractivity contribution in [2.45, 2.75) is 261 Å². The Kier molecular flexibility index (Phi) is 37.5. The van der Waals surface area contributed by atoms with Crippen LogP contribution in [0, 0.1) is 0 Å². The minimum atomic E-state index is -1.79. The highest BCUT2D eigenvalue weighted by molar-refractivity contribution is 5.76. The molecule has 0 saturated carbocycles. The minimum absolute atomic E-state index is 0.246. The summed E-state index contributed by atoms with van der Waals surface area (Å²) >= 11 is 0. The van der Waals surface area contributed by atoms with Gasteiger partial charge in [0.15, 0.2) is 12.6 Å². The lowest BCUT2D eigenvalue weighted by atomic mass is 9.97. The van der Waals surface area contributed by atoms with E-state index in [1.165, 1.54) is 89.9 Å². The summed E-state index contributed by atoms with van der Waals surface area (Å²) in [6, 6.07) is -0.915. The maximum atomic E-state index is 13.2. The van der Waals surface area contributed by atoms with E-state index in [2.05, 4.69) is 67.8 Å². The van der Waals surface area contributed by atoms with E-state index in [1.807, 2.05) is 6.08 Å². The Hall–Kier alpha value is -2.31. The third-order valence-electron chi connectivity index (χ3n) is 13.0. The summed E-state index contributed by atoms with van der Waals surface area (Å²) in [6.45, 7) is 2.64. The van der Waals surface area contributed by atoms with Gasteiger partial charge in [-0.25, -0.2) is 0 Å². The zero-order chi connectivity index (χ0) is 50.3. The lowest BCUT2D eigenvalue weighted by Gasteiger charge is -2.46. The van der Waals surface area contributed by atoms with Crippen molar-refractivity contribution < 1.29 is 64.6 Å². The van der Waals surface area contributed by atoms with E-state index in [-0.39, 0.29) is 18.9 Å². The molecule has 0 spiro atoms. The molecule has 400 valence electrons. The molecule has 0 radical (unpaired) electrons. The van der Waals surface area contributed by atoms with Gasteiger partial charge < -0.3 is 65.1 Å². The fraction of sp³-hybridized carbons (Fsp3) is 0.800. The molecule has 9 N–H and O–H groups in total. The summed E-state index contributed by atoms with van der Waals surface area (Å²) in [5, 5.41) is 86.7. The van der Waals surface area contributed by atoms with Crippen molar-refractivity contribution >= 4 is 5.91 Å². The first kappa shape index (κ1) is 62.8. The fourth-order valence-corrected chi connectivity index (χ4v) is 8.58. The third kappa shape index (κ3) is 27.9. The van der Waals surface area contributed by atoms with E-state index in [0.717, 1.165) is 70.6 Å². The van der Waals surface area contributed by atoms with E-state index in [0.29, 0.717) is 6.42 Å². The molecule has 69 heavy (non-hydrogen) atoms. The third-order valence-corrected chi connectivity index (χ3v) is 13.0. The van der Waals surface area contributed by atoms with Crippen molar-refractivity contribution in [2.75, 3.05) is 19.8 Å². The number of ether oxygens (including phenoxy) is 4. The van der Waals surface area contributed by atoms with E-state index in [9.17, 15) is 45.6 Å². The van der Waals surface area contributed by atoms with Crippen LogP contribution >= 0.6 is 0 Å². The van der Waals surface area contributed by atoms with Gasteiger partial charge in [0.2, 0.25) is 5.91 Å². The fourth-order valence-electron chi connectivity index (χ4n) is 8.58. The van der Waals surface area contributed by atoms with Crippen molar-refractivity contribution in [1.82, 2.24) is 5.32 Å². The molecule has 12 unspecified atom stereocenters. The Morgan fingerprint density at radius 3 is 1.54 bits per heavy atom. The summed E-state index contributed by atoms with van der Waals surface area (Å²) in [5.74, 6) is -0.246. The number of amides is 1. The van der Waals surface area contributed by atoms with Gasteiger partial charge in [-0.2, -0.15) is 0 Å². The molecule has 14 heteroatoms. The number of hydrogen-bond acceptors (Lipinski definition) is 13. The Balaban J connectivity index is 1.73. The average Bonchev–Trinajstić information content (AvgIpc) is 3.35. The first-order valence-electron chi connectivity index (χ1n) is 27.0. The zero-order valence-corrected chi connectivity index (χ0v) is 42.5. The highest BCUT2D eigenvalue weighted by Crippen LogP contribution is 2.30. The molecule has 0 aromatic heterocycles. The Morgan fingerprint density at radius 2 is 1.00 bits per heavy atom. The van der Waals surface area contributed by atoms with Gasteiger partial charge in [0.05, 0.1) is 32.0 Å². The van der Waals surface area contributed by atoms with E-state index >= 15 is 0 Å². The van der Waals surface area contributed by atoms with Crippen LogP contribution < -0.4 is 5.32 Å². The van der Waals surface area contributed by atoms with Gasteiger partial charge >= 0.3 is 0 Å². The molecule has 2 fully saturated rings. The first-order valence-corrected chi connectivity index (χ1v) is 27.0. The van der Waals surface area contributed by atoms with Crippen LogP contribution in [0.2, 0.25) is 0 Å². The SMILES string of the molecule is CC/C=C\C/C=C\C/C=C\C/C=C\CCCCCCCCCCCCCCC(=O)NC(COC1OC(CO)C(OC2OC(CO)C(O)C(O)C2O)C(O)C1O)C(O)/C=C/CCCCCCCCCC. The van der Waals surface area contributed by atoms with Gasteiger partial charge in [-0.1, -0.05) is 184 Å². The summed E-state index contributed by atoms with van der Waals surface area (Å²) in [6.07, 6.45) is 34.1. The second-order valence-electron chi connectivity index (χ2n) is 19.0. The number of nitrogens with one attached hydrogen (secondary N) is 1. The topological polar surface area (TPSA) is 228 Å². The second-order valence-corrected chi connectivity index (χ2v) is 19.0. The van der Waals surface area contributed by atoms with Gasteiger partial charge in [0.25, 0.3) is 0 Å². The van der Waals surface area contributed by atoms with Crippen LogP contribution in [0.3, 0.4) is 0 Å². The Morgan fingerprint density at radius 1 is 0.536 bits per heavy atom. The quantitative estimate of drug-likeness (QED) is 0.0211. The number of rotatable bonds is 41. The standard InChI is InChI=1S/C55H97NO13/c1-3-5-7-9-11-13-15-16-17-18-19-20-21-22-23-24-25-26-27-28-29-31-33-35-37-39-47(60)56-43(44(59)38-36-34-32-30-14-12-10-8-6-4-2)42-66-54-52(65)50(63)53(46(41-58)68-54)69-55-51(64)49(62)48(61)45(40-57)67-55/h5,7,11,13,16-17,19-20,36,38,43-46,48-55,57-59,61-65H,3-4,6,8-10,12,14-15,18,21-35,37,39-42H2,1-2H3,(H,56,60)/b7-5-,13-11-,17-16-,20-19-,38-36+. The Labute approximate surface area is 416 Å². The van der Waals surface area contributed by atoms with Gasteiger partial charge in [-0.15, -0.1) is 0 Å². The van der Waals surface area contributed by atoms with Crippen molar-refractivity contribution in [3.05, 3.63) is 60.8 Å². The van der Waals surface area contributed by atoms with E-state index < -0.39 is 86.8 Å². The molecule has 2 aliphatic heterocycles. The molecule has 0 aromatic carbocycles. The summed E-state index contributed by atoms with van der Waals surface area (Å²) in [5.41, 5.74) is 0. The highest BCUT2D eigenvalue weighted by atomic mass is 16.7. The van der Waals surface area contributed by atoms with Crippen molar-refractivity contribution in [2.24, 2.45) is 0 Å². The van der Waals surface area contributed by atoms with Crippen LogP contribution in [0.25, 0.3) is 0 Å². The number of unbranched alkanes of at least 4 members (excludes halogenated alkanes) is 20. The summed E-state index contributed by atoms with van der Waals surface area (Å²) in [4.78, 5) is 13.2. The number of carbonyl (C=O) groups excluding carboxylic acids is 1. The smallest absolute Gasteiger partial charge is 0.220 e.